The quantitative estimate of drug-likeness (QED) is 0.0759. The van der Waals surface area contributed by atoms with Crippen molar-refractivity contribution in [3.63, 3.8) is 0 Å². The van der Waals surface area contributed by atoms with Crippen molar-refractivity contribution in [3.05, 3.63) is 95.6 Å². The summed E-state index contributed by atoms with van der Waals surface area (Å²) in [5, 5.41) is 5.25. The van der Waals surface area contributed by atoms with Gasteiger partial charge in [-0.2, -0.15) is 0 Å². The van der Waals surface area contributed by atoms with E-state index in [0.29, 0.717) is 49.3 Å². The molecule has 2 aliphatic carbocycles. The topological polar surface area (TPSA) is 194 Å². The lowest BCUT2D eigenvalue weighted by Gasteiger charge is -2.41. The Kier molecular flexibility index (Phi) is 13.2. The van der Waals surface area contributed by atoms with Crippen LogP contribution in [0.4, 0.5) is 34.8 Å². The molecule has 11 rings (SSSR count). The van der Waals surface area contributed by atoms with Crippen LogP contribution in [0.1, 0.15) is 104 Å². The van der Waals surface area contributed by atoms with Gasteiger partial charge in [0.25, 0.3) is 24.7 Å². The minimum atomic E-state index is -2.75. The van der Waals surface area contributed by atoms with Crippen LogP contribution in [-0.2, 0) is 19.7 Å². The maximum Gasteiger partial charge on any atom is 0.280 e. The number of hydrogen-bond donors (Lipinski definition) is 3. The molecule has 4 N–H and O–H groups in total. The van der Waals surface area contributed by atoms with Crippen LogP contribution < -0.4 is 25.8 Å². The molecule has 0 aromatic carbocycles. The van der Waals surface area contributed by atoms with E-state index in [1.807, 2.05) is 17.5 Å². The third kappa shape index (κ3) is 9.61. The Hall–Kier alpha value is -5.92. The van der Waals surface area contributed by atoms with Gasteiger partial charge in [-0.1, -0.05) is 12.1 Å². The molecule has 6 fully saturated rings. The average Bonchev–Trinajstić information content (AvgIpc) is 4.08. The summed E-state index contributed by atoms with van der Waals surface area (Å²) in [7, 11) is 0. The van der Waals surface area contributed by atoms with E-state index in [1.165, 1.54) is 42.6 Å². The first-order chi connectivity index (χ1) is 30.4. The van der Waals surface area contributed by atoms with Gasteiger partial charge in [0.05, 0.1) is 60.8 Å². The van der Waals surface area contributed by atoms with Crippen molar-refractivity contribution in [1.82, 2.24) is 24.3 Å². The molecule has 4 aliphatic heterocycles. The summed E-state index contributed by atoms with van der Waals surface area (Å²) in [6.07, 6.45) is 3.15. The number of alkyl halides is 5. The average molecular weight is 911 g/mol. The Labute approximate surface area is 370 Å². The molecule has 0 atom stereocenters. The van der Waals surface area contributed by atoms with Crippen molar-refractivity contribution >= 4 is 52.0 Å². The minimum absolute atomic E-state index is 0.00171. The van der Waals surface area contributed by atoms with E-state index in [2.05, 4.69) is 39.4 Å². The molecule has 4 saturated heterocycles. The van der Waals surface area contributed by atoms with Gasteiger partial charge < -0.3 is 39.7 Å². The standard InChI is InChI=1S/C22H22F2N4O3.C14H14F2N4O2.C8H11ClO2/c1-3-30-16-7-18-27-17(22-10-21(2,11-22)31-12-22)9-28(18)8-15(16)26-20(29)14-6-4-5-13(25-14)19(23)24;1-2-22-11-6-12(17)18-7-10(11)20-14(21)9-5-3-4-8(19-9)13(15)16;1-7-3-8(4-7,5-11-7)6(10)2-9/h4-9,19H,3,10-12H2,1-2H3,(H,26,29);3-7,13H,2H2,1H3,(H2,17,18)(H,20,21);2-5H2,1H3. The lowest BCUT2D eigenvalue weighted by Crippen LogP contribution is -2.47. The Morgan fingerprint density at radius 2 is 1.34 bits per heavy atom. The zero-order valence-electron chi connectivity index (χ0n) is 35.4. The smallest absolute Gasteiger partial charge is 0.280 e. The number of carbonyl (C=O) groups excluding carboxylic acids is 3. The second kappa shape index (κ2) is 18.3. The Balaban J connectivity index is 0.000000161. The summed E-state index contributed by atoms with van der Waals surface area (Å²) in [5.74, 6) is 0.0843. The number of halogens is 5. The molecule has 0 radical (unpaired) electrons. The first kappa shape index (κ1) is 46.1. The van der Waals surface area contributed by atoms with E-state index < -0.39 is 36.1 Å². The third-order valence-corrected chi connectivity index (χ3v) is 11.7. The van der Waals surface area contributed by atoms with Crippen LogP contribution in [0.3, 0.4) is 0 Å². The zero-order valence-corrected chi connectivity index (χ0v) is 36.2. The number of fused-ring (bicyclic) bond motifs is 3. The summed E-state index contributed by atoms with van der Waals surface area (Å²) in [6, 6.07) is 11.0. The summed E-state index contributed by atoms with van der Waals surface area (Å²) in [4.78, 5) is 52.1. The number of aromatic nitrogens is 5. The number of anilines is 3. The molecule has 2 saturated carbocycles. The van der Waals surface area contributed by atoms with Crippen molar-refractivity contribution in [2.24, 2.45) is 5.41 Å². The second-order valence-corrected chi connectivity index (χ2v) is 16.9. The highest BCUT2D eigenvalue weighted by atomic mass is 35.5. The number of amides is 2. The normalized spacial score (nSPS) is 23.5. The predicted molar refractivity (Wildman–Crippen MR) is 227 cm³/mol. The Morgan fingerprint density at radius 1 is 0.797 bits per heavy atom. The molecule has 6 aliphatic rings. The Bertz CT molecular complexity index is 2550. The van der Waals surface area contributed by atoms with E-state index >= 15 is 0 Å². The first-order valence-corrected chi connectivity index (χ1v) is 21.0. The van der Waals surface area contributed by atoms with Gasteiger partial charge in [0.15, 0.2) is 5.78 Å². The number of nitrogens with two attached hydrogens (primary N) is 1. The number of imidazole rings is 1. The third-order valence-electron chi connectivity index (χ3n) is 11.5. The highest BCUT2D eigenvalue weighted by Gasteiger charge is 2.63. The summed E-state index contributed by atoms with van der Waals surface area (Å²) >= 11 is 5.49. The van der Waals surface area contributed by atoms with E-state index in [-0.39, 0.29) is 56.6 Å². The van der Waals surface area contributed by atoms with E-state index in [9.17, 15) is 31.9 Å². The molecule has 0 spiro atoms. The van der Waals surface area contributed by atoms with E-state index in [0.717, 1.165) is 37.4 Å². The fourth-order valence-electron chi connectivity index (χ4n) is 8.70. The van der Waals surface area contributed by atoms with Gasteiger partial charge in [-0.3, -0.25) is 14.4 Å². The predicted octanol–water partition coefficient (Wildman–Crippen LogP) is 8.15. The number of rotatable bonds is 13. The number of nitrogens with one attached hydrogen (secondary N) is 2. The molecular formula is C44H47ClF4N8O7. The number of hydrogen-bond acceptors (Lipinski definition) is 12. The molecule has 340 valence electrons. The second-order valence-electron chi connectivity index (χ2n) is 16.6. The van der Waals surface area contributed by atoms with E-state index in [4.69, 9.17) is 41.3 Å². The fourth-order valence-corrected chi connectivity index (χ4v) is 8.98. The number of ether oxygens (including phenoxy) is 4. The molecule has 4 bridgehead atoms. The highest BCUT2D eigenvalue weighted by molar-refractivity contribution is 6.28. The summed E-state index contributed by atoms with van der Waals surface area (Å²) < 4.78 is 75.3. The molecule has 2 amide bonds. The molecule has 9 heterocycles. The van der Waals surface area contributed by atoms with Gasteiger partial charge in [0.2, 0.25) is 0 Å². The molecule has 5 aromatic heterocycles. The number of nitrogens with zero attached hydrogens (tertiary/aromatic N) is 5. The van der Waals surface area contributed by atoms with Crippen LogP contribution in [0.15, 0.2) is 67.1 Å². The molecule has 5 aromatic rings. The van der Waals surface area contributed by atoms with Crippen molar-refractivity contribution in [2.45, 2.75) is 82.8 Å². The number of pyridine rings is 4. The zero-order chi connectivity index (χ0) is 46.0. The summed E-state index contributed by atoms with van der Waals surface area (Å²) in [5.41, 5.74) is 6.47. The number of carbonyl (C=O) groups is 3. The number of Topliss-reactive ketones (excluding diaryl/α,β-unsaturated/α-hetero) is 1. The van der Waals surface area contributed by atoms with Crippen molar-refractivity contribution in [2.75, 3.05) is 48.7 Å². The van der Waals surface area contributed by atoms with Gasteiger partial charge in [-0.15, -0.1) is 11.6 Å². The van der Waals surface area contributed by atoms with Crippen molar-refractivity contribution < 1.29 is 50.9 Å². The largest absolute Gasteiger partial charge is 0.491 e. The minimum Gasteiger partial charge on any atom is -0.491 e. The lowest BCUT2D eigenvalue weighted by atomic mass is 9.61. The lowest BCUT2D eigenvalue weighted by molar-refractivity contribution is -0.130. The van der Waals surface area contributed by atoms with Crippen LogP contribution in [0.25, 0.3) is 5.65 Å². The molecule has 15 nitrogen and oxygen atoms in total. The Morgan fingerprint density at radius 3 is 1.84 bits per heavy atom. The monoisotopic (exact) mass is 910 g/mol. The van der Waals surface area contributed by atoms with Gasteiger partial charge in [0.1, 0.15) is 57.1 Å². The van der Waals surface area contributed by atoms with Crippen LogP contribution in [0.5, 0.6) is 11.5 Å². The van der Waals surface area contributed by atoms with Crippen molar-refractivity contribution in [3.8, 4) is 11.5 Å². The van der Waals surface area contributed by atoms with Gasteiger partial charge in [-0.25, -0.2) is 37.5 Å². The molecule has 20 heteroatoms. The van der Waals surface area contributed by atoms with Gasteiger partial charge >= 0.3 is 0 Å². The van der Waals surface area contributed by atoms with Crippen LogP contribution in [0, 0.1) is 5.41 Å². The van der Waals surface area contributed by atoms with Crippen LogP contribution in [-0.4, -0.2) is 85.4 Å². The highest BCUT2D eigenvalue weighted by Crippen LogP contribution is 2.59. The SMILES string of the molecule is CC12CC(C(=O)CCl)(CO1)C2.CCOc1cc(N)ncc1NC(=O)c1cccc(C(F)F)n1.CCOc1cc2nc(C34COC(C)(C3)C4)cn2cc1NC(=O)c1cccc(C(F)F)n1. The maximum atomic E-state index is 12.9. The van der Waals surface area contributed by atoms with Crippen LogP contribution in [0.2, 0.25) is 0 Å². The molecule has 0 unspecified atom stereocenters. The van der Waals surface area contributed by atoms with Gasteiger partial charge in [-0.05, 0) is 77.6 Å². The van der Waals surface area contributed by atoms with E-state index in [1.54, 1.807) is 19.2 Å². The van der Waals surface area contributed by atoms with Gasteiger partial charge in [0, 0.05) is 29.9 Å². The molecular weight excluding hydrogens is 864 g/mol. The number of ketones is 1. The number of nitrogen functional groups attached to an aromatic ring is 1. The summed E-state index contributed by atoms with van der Waals surface area (Å²) in [6.45, 7) is 9.79. The maximum absolute atomic E-state index is 12.9. The van der Waals surface area contributed by atoms with Crippen LogP contribution >= 0.6 is 11.6 Å². The fraction of sp³-hybridized carbons (Fsp3) is 0.432. The first-order valence-electron chi connectivity index (χ1n) is 20.5. The van der Waals surface area contributed by atoms with Crippen molar-refractivity contribution in [1.29, 1.82) is 0 Å². The molecule has 64 heavy (non-hydrogen) atoms.